The quantitative estimate of drug-likeness (QED) is 0.602. The van der Waals surface area contributed by atoms with Gasteiger partial charge < -0.3 is 20.4 Å². The lowest BCUT2D eigenvalue weighted by Crippen LogP contribution is -2.49. The monoisotopic (exact) mass is 244 g/mol. The number of hydrogen-bond donors (Lipinski definition) is 3. The minimum Gasteiger partial charge on any atom is -0.480 e. The molecule has 0 spiro atoms. The number of β-amino-alcohol motifs (C(OH)–C–C–N with tert-alkyl or cyclic N) is 1. The molecule has 98 valence electrons. The van der Waals surface area contributed by atoms with Crippen molar-refractivity contribution in [1.82, 2.24) is 10.2 Å². The molecule has 1 heterocycles. The molecule has 1 amide bonds. The van der Waals surface area contributed by atoms with Crippen LogP contribution in [0, 0.1) is 0 Å². The van der Waals surface area contributed by atoms with E-state index in [9.17, 15) is 14.7 Å². The van der Waals surface area contributed by atoms with E-state index in [-0.39, 0.29) is 18.5 Å². The number of aliphatic hydroxyl groups is 1. The SMILES string of the molecule is CCC(C)N(CC(=O)O)C(=O)C1CC(O)CN1. The summed E-state index contributed by atoms with van der Waals surface area (Å²) in [7, 11) is 0. The van der Waals surface area contributed by atoms with Gasteiger partial charge in [0.1, 0.15) is 6.54 Å². The Morgan fingerprint density at radius 3 is 2.59 bits per heavy atom. The molecule has 3 unspecified atom stereocenters. The largest absolute Gasteiger partial charge is 0.480 e. The lowest BCUT2D eigenvalue weighted by molar-refractivity contribution is -0.147. The highest BCUT2D eigenvalue weighted by Gasteiger charge is 2.33. The van der Waals surface area contributed by atoms with Crippen LogP contribution in [0.4, 0.5) is 0 Å². The van der Waals surface area contributed by atoms with Crippen LogP contribution in [0.2, 0.25) is 0 Å². The van der Waals surface area contributed by atoms with Gasteiger partial charge in [-0.05, 0) is 19.8 Å². The summed E-state index contributed by atoms with van der Waals surface area (Å²) in [6.07, 6.45) is 0.534. The lowest BCUT2D eigenvalue weighted by Gasteiger charge is -2.29. The number of nitrogens with one attached hydrogen (secondary N) is 1. The minimum atomic E-state index is -1.02. The van der Waals surface area contributed by atoms with Crippen LogP contribution < -0.4 is 5.32 Å². The molecule has 0 radical (unpaired) electrons. The Balaban J connectivity index is 2.68. The molecule has 0 aromatic carbocycles. The van der Waals surface area contributed by atoms with Crippen LogP contribution in [0.1, 0.15) is 26.7 Å². The summed E-state index contributed by atoms with van der Waals surface area (Å²) in [5, 5.41) is 21.1. The van der Waals surface area contributed by atoms with Crippen molar-refractivity contribution in [2.24, 2.45) is 0 Å². The number of rotatable bonds is 5. The van der Waals surface area contributed by atoms with Crippen LogP contribution in [0.3, 0.4) is 0 Å². The van der Waals surface area contributed by atoms with Crippen molar-refractivity contribution in [2.75, 3.05) is 13.1 Å². The second-order valence-corrected chi connectivity index (χ2v) is 4.47. The first kappa shape index (κ1) is 13.9. The van der Waals surface area contributed by atoms with Crippen LogP contribution in [0.5, 0.6) is 0 Å². The van der Waals surface area contributed by atoms with E-state index in [1.807, 2.05) is 13.8 Å². The van der Waals surface area contributed by atoms with Crippen LogP contribution >= 0.6 is 0 Å². The van der Waals surface area contributed by atoms with Gasteiger partial charge in [0.2, 0.25) is 5.91 Å². The van der Waals surface area contributed by atoms with Gasteiger partial charge in [-0.25, -0.2) is 0 Å². The van der Waals surface area contributed by atoms with Gasteiger partial charge in [0, 0.05) is 12.6 Å². The summed E-state index contributed by atoms with van der Waals surface area (Å²) in [5.74, 6) is -1.25. The third-order valence-corrected chi connectivity index (χ3v) is 3.12. The van der Waals surface area contributed by atoms with Gasteiger partial charge in [-0.2, -0.15) is 0 Å². The van der Waals surface area contributed by atoms with Crippen molar-refractivity contribution in [2.45, 2.75) is 44.9 Å². The Bertz CT molecular complexity index is 295. The third-order valence-electron chi connectivity index (χ3n) is 3.12. The summed E-state index contributed by atoms with van der Waals surface area (Å²) < 4.78 is 0. The van der Waals surface area contributed by atoms with Gasteiger partial charge in [0.05, 0.1) is 12.1 Å². The van der Waals surface area contributed by atoms with E-state index in [0.717, 1.165) is 0 Å². The summed E-state index contributed by atoms with van der Waals surface area (Å²) in [5.41, 5.74) is 0. The zero-order valence-electron chi connectivity index (χ0n) is 10.2. The number of carboxylic acids is 1. The molecule has 1 aliphatic rings. The number of carbonyl (C=O) groups is 2. The summed E-state index contributed by atoms with van der Waals surface area (Å²) in [6, 6.07) is -0.573. The molecule has 3 atom stereocenters. The number of hydrogen-bond acceptors (Lipinski definition) is 4. The fraction of sp³-hybridized carbons (Fsp3) is 0.818. The average Bonchev–Trinajstić information content (AvgIpc) is 2.70. The van der Waals surface area contributed by atoms with E-state index in [1.54, 1.807) is 0 Å². The van der Waals surface area contributed by atoms with Crippen LogP contribution in [-0.2, 0) is 9.59 Å². The number of aliphatic carboxylic acids is 1. The first-order chi connectivity index (χ1) is 7.95. The Hall–Kier alpha value is -1.14. The maximum atomic E-state index is 12.1. The second-order valence-electron chi connectivity index (χ2n) is 4.47. The summed E-state index contributed by atoms with van der Waals surface area (Å²) in [6.45, 7) is 3.83. The maximum Gasteiger partial charge on any atom is 0.323 e. The van der Waals surface area contributed by atoms with E-state index in [1.165, 1.54) is 4.90 Å². The molecule has 17 heavy (non-hydrogen) atoms. The molecule has 3 N–H and O–H groups in total. The molecule has 1 aliphatic heterocycles. The standard InChI is InChI=1S/C11H20N2O4/c1-3-7(2)13(6-10(15)16)11(17)9-4-8(14)5-12-9/h7-9,12,14H,3-6H2,1-2H3,(H,15,16). The fourth-order valence-corrected chi connectivity index (χ4v) is 1.92. The van der Waals surface area contributed by atoms with Gasteiger partial charge in [-0.1, -0.05) is 6.92 Å². The highest BCUT2D eigenvalue weighted by molar-refractivity contribution is 5.86. The summed E-state index contributed by atoms with van der Waals surface area (Å²) >= 11 is 0. The van der Waals surface area contributed by atoms with Crippen molar-refractivity contribution >= 4 is 11.9 Å². The van der Waals surface area contributed by atoms with Crippen LogP contribution in [-0.4, -0.2) is 58.3 Å². The molecule has 6 heteroatoms. The van der Waals surface area contributed by atoms with Crippen molar-refractivity contribution < 1.29 is 19.8 Å². The van der Waals surface area contributed by atoms with Crippen LogP contribution in [0.25, 0.3) is 0 Å². The maximum absolute atomic E-state index is 12.1. The lowest BCUT2D eigenvalue weighted by atomic mass is 10.1. The number of carbonyl (C=O) groups excluding carboxylic acids is 1. The van der Waals surface area contributed by atoms with E-state index in [4.69, 9.17) is 5.11 Å². The zero-order valence-corrected chi connectivity index (χ0v) is 10.2. The Morgan fingerprint density at radius 2 is 2.18 bits per heavy atom. The van der Waals surface area contributed by atoms with Gasteiger partial charge in [-0.3, -0.25) is 9.59 Å². The predicted octanol–water partition coefficient (Wildman–Crippen LogP) is -0.579. The van der Waals surface area contributed by atoms with Crippen molar-refractivity contribution in [3.05, 3.63) is 0 Å². The van der Waals surface area contributed by atoms with Crippen molar-refractivity contribution in [3.63, 3.8) is 0 Å². The Kier molecular flexibility index (Phi) is 4.89. The number of nitrogens with zero attached hydrogens (tertiary/aromatic N) is 1. The van der Waals surface area contributed by atoms with Gasteiger partial charge >= 0.3 is 5.97 Å². The number of amides is 1. The third kappa shape index (κ3) is 3.67. The second kappa shape index (κ2) is 5.97. The Morgan fingerprint density at radius 1 is 1.53 bits per heavy atom. The molecular formula is C11H20N2O4. The molecule has 0 saturated carbocycles. The van der Waals surface area contributed by atoms with Gasteiger partial charge in [0.25, 0.3) is 0 Å². The highest BCUT2D eigenvalue weighted by atomic mass is 16.4. The predicted molar refractivity (Wildman–Crippen MR) is 61.5 cm³/mol. The van der Waals surface area contributed by atoms with E-state index in [2.05, 4.69) is 5.32 Å². The molecule has 0 aliphatic carbocycles. The molecule has 0 aromatic heterocycles. The molecule has 0 bridgehead atoms. The topological polar surface area (TPSA) is 89.9 Å². The molecule has 1 rings (SSSR count). The first-order valence-corrected chi connectivity index (χ1v) is 5.89. The molecule has 1 saturated heterocycles. The molecule has 6 nitrogen and oxygen atoms in total. The normalized spacial score (nSPS) is 25.6. The first-order valence-electron chi connectivity index (χ1n) is 5.89. The minimum absolute atomic E-state index is 0.113. The van der Waals surface area contributed by atoms with Gasteiger partial charge in [-0.15, -0.1) is 0 Å². The number of carboxylic acid groups (broad SMARTS) is 1. The van der Waals surface area contributed by atoms with Crippen molar-refractivity contribution in [3.8, 4) is 0 Å². The Labute approximate surface area is 101 Å². The van der Waals surface area contributed by atoms with Crippen molar-refractivity contribution in [1.29, 1.82) is 0 Å². The van der Waals surface area contributed by atoms with Gasteiger partial charge in [0.15, 0.2) is 0 Å². The molecule has 0 aromatic rings. The molecule has 1 fully saturated rings. The van der Waals surface area contributed by atoms with Crippen LogP contribution in [0.15, 0.2) is 0 Å². The number of aliphatic hydroxyl groups excluding tert-OH is 1. The van der Waals surface area contributed by atoms with E-state index in [0.29, 0.717) is 19.4 Å². The summed E-state index contributed by atoms with van der Waals surface area (Å²) in [4.78, 5) is 24.2. The molecular weight excluding hydrogens is 224 g/mol. The zero-order chi connectivity index (χ0) is 13.0. The van der Waals surface area contributed by atoms with E-state index < -0.39 is 18.1 Å². The average molecular weight is 244 g/mol. The van der Waals surface area contributed by atoms with E-state index >= 15 is 0 Å². The fourth-order valence-electron chi connectivity index (χ4n) is 1.92. The smallest absolute Gasteiger partial charge is 0.323 e. The highest BCUT2D eigenvalue weighted by Crippen LogP contribution is 2.13.